The average molecular weight is 350 g/mol. The minimum absolute atomic E-state index is 0.636. The number of benzene rings is 1. The Hall–Kier alpha value is -2.53. The molecule has 0 aliphatic carbocycles. The highest BCUT2D eigenvalue weighted by atomic mass is 16.3. The van der Waals surface area contributed by atoms with Gasteiger partial charge in [0.05, 0.1) is 12.6 Å². The van der Waals surface area contributed by atoms with Crippen LogP contribution < -0.4 is 10.2 Å². The lowest BCUT2D eigenvalue weighted by molar-refractivity contribution is 0.407. The second-order valence-corrected chi connectivity index (χ2v) is 6.89. The molecule has 0 unspecified atom stereocenters. The second kappa shape index (κ2) is 8.23. The van der Waals surface area contributed by atoms with Crippen LogP contribution in [-0.4, -0.2) is 35.2 Å². The molecule has 2 aromatic heterocycles. The van der Waals surface area contributed by atoms with Crippen LogP contribution in [0.5, 0.6) is 0 Å². The molecule has 0 atom stereocenters. The normalized spacial score (nSPS) is 15.5. The molecule has 4 rings (SSSR count). The van der Waals surface area contributed by atoms with Gasteiger partial charge in [-0.15, -0.1) is 0 Å². The SMILES string of the molecule is c1coc(-c2ccc(N3CCC(NCCCn4ccnc4)CC3)cc2)c1. The van der Waals surface area contributed by atoms with Gasteiger partial charge in [-0.05, 0) is 62.2 Å². The molecule has 1 N–H and O–H groups in total. The quantitative estimate of drug-likeness (QED) is 0.659. The number of furan rings is 1. The van der Waals surface area contributed by atoms with E-state index in [2.05, 4.69) is 44.0 Å². The van der Waals surface area contributed by atoms with Crippen LogP contribution >= 0.6 is 0 Å². The average Bonchev–Trinajstić information content (AvgIpc) is 3.40. The summed E-state index contributed by atoms with van der Waals surface area (Å²) in [4.78, 5) is 6.56. The van der Waals surface area contributed by atoms with E-state index in [9.17, 15) is 0 Å². The van der Waals surface area contributed by atoms with E-state index >= 15 is 0 Å². The first-order valence-corrected chi connectivity index (χ1v) is 9.46. The number of hydrogen-bond donors (Lipinski definition) is 1. The number of hydrogen-bond acceptors (Lipinski definition) is 4. The van der Waals surface area contributed by atoms with Crippen molar-refractivity contribution < 1.29 is 4.42 Å². The number of aromatic nitrogens is 2. The number of nitrogens with one attached hydrogen (secondary N) is 1. The zero-order valence-electron chi connectivity index (χ0n) is 15.1. The Labute approximate surface area is 154 Å². The topological polar surface area (TPSA) is 46.2 Å². The molecular formula is C21H26N4O. The summed E-state index contributed by atoms with van der Waals surface area (Å²) >= 11 is 0. The number of nitrogens with zero attached hydrogens (tertiary/aromatic N) is 3. The van der Waals surface area contributed by atoms with Crippen molar-refractivity contribution in [1.82, 2.24) is 14.9 Å². The van der Waals surface area contributed by atoms with E-state index in [1.807, 2.05) is 30.9 Å². The largest absolute Gasteiger partial charge is 0.464 e. The summed E-state index contributed by atoms with van der Waals surface area (Å²) in [6.07, 6.45) is 11.0. The maximum Gasteiger partial charge on any atom is 0.133 e. The van der Waals surface area contributed by atoms with Crippen LogP contribution in [-0.2, 0) is 6.54 Å². The molecule has 5 heteroatoms. The van der Waals surface area contributed by atoms with Crippen LogP contribution in [0.25, 0.3) is 11.3 Å². The van der Waals surface area contributed by atoms with Gasteiger partial charge in [-0.3, -0.25) is 0 Å². The highest BCUT2D eigenvalue weighted by Gasteiger charge is 2.18. The van der Waals surface area contributed by atoms with Crippen LogP contribution in [0.1, 0.15) is 19.3 Å². The molecule has 0 amide bonds. The molecule has 3 heterocycles. The van der Waals surface area contributed by atoms with E-state index in [0.29, 0.717) is 6.04 Å². The van der Waals surface area contributed by atoms with E-state index in [-0.39, 0.29) is 0 Å². The van der Waals surface area contributed by atoms with Crippen molar-refractivity contribution in [3.05, 3.63) is 61.4 Å². The van der Waals surface area contributed by atoms with Gasteiger partial charge in [0, 0.05) is 49.3 Å². The molecule has 3 aromatic rings. The fraction of sp³-hybridized carbons (Fsp3) is 0.381. The summed E-state index contributed by atoms with van der Waals surface area (Å²) in [6, 6.07) is 13.3. The third-order valence-corrected chi connectivity index (χ3v) is 5.12. The molecule has 1 saturated heterocycles. The molecule has 26 heavy (non-hydrogen) atoms. The minimum atomic E-state index is 0.636. The number of piperidine rings is 1. The molecule has 0 spiro atoms. The fourth-order valence-electron chi connectivity index (χ4n) is 3.61. The van der Waals surface area contributed by atoms with Crippen LogP contribution in [0, 0.1) is 0 Å². The smallest absolute Gasteiger partial charge is 0.133 e. The van der Waals surface area contributed by atoms with Crippen LogP contribution in [0.4, 0.5) is 5.69 Å². The first-order valence-electron chi connectivity index (χ1n) is 9.46. The Morgan fingerprint density at radius 1 is 1.12 bits per heavy atom. The van der Waals surface area contributed by atoms with Crippen molar-refractivity contribution in [1.29, 1.82) is 0 Å². The third-order valence-electron chi connectivity index (χ3n) is 5.12. The lowest BCUT2D eigenvalue weighted by atomic mass is 10.0. The highest BCUT2D eigenvalue weighted by Crippen LogP contribution is 2.25. The van der Waals surface area contributed by atoms with Gasteiger partial charge >= 0.3 is 0 Å². The molecule has 136 valence electrons. The number of rotatable bonds is 7. The van der Waals surface area contributed by atoms with Crippen molar-refractivity contribution in [3.8, 4) is 11.3 Å². The Kier molecular flexibility index (Phi) is 5.36. The predicted molar refractivity (Wildman–Crippen MR) is 104 cm³/mol. The summed E-state index contributed by atoms with van der Waals surface area (Å²) in [5, 5.41) is 3.71. The highest BCUT2D eigenvalue weighted by molar-refractivity contribution is 5.61. The Bertz CT molecular complexity index is 757. The zero-order valence-corrected chi connectivity index (χ0v) is 15.1. The predicted octanol–water partition coefficient (Wildman–Crippen LogP) is 3.79. The Morgan fingerprint density at radius 3 is 2.65 bits per heavy atom. The van der Waals surface area contributed by atoms with E-state index in [4.69, 9.17) is 4.42 Å². The lowest BCUT2D eigenvalue weighted by Gasteiger charge is -2.34. The van der Waals surface area contributed by atoms with Crippen molar-refractivity contribution in [3.63, 3.8) is 0 Å². The summed E-state index contributed by atoms with van der Waals surface area (Å²) in [6.45, 7) is 4.33. The maximum absolute atomic E-state index is 5.46. The Balaban J connectivity index is 1.21. The molecular weight excluding hydrogens is 324 g/mol. The van der Waals surface area contributed by atoms with Crippen molar-refractivity contribution in [2.24, 2.45) is 0 Å². The molecule has 1 aliphatic heterocycles. The summed E-state index contributed by atoms with van der Waals surface area (Å²) in [5.41, 5.74) is 2.44. The molecule has 1 aromatic carbocycles. The molecule has 1 aliphatic rings. The van der Waals surface area contributed by atoms with Gasteiger partial charge in [-0.25, -0.2) is 4.98 Å². The number of imidazole rings is 1. The molecule has 0 saturated carbocycles. The van der Waals surface area contributed by atoms with Gasteiger partial charge < -0.3 is 19.2 Å². The van der Waals surface area contributed by atoms with E-state index in [0.717, 1.165) is 43.9 Å². The van der Waals surface area contributed by atoms with Crippen molar-refractivity contribution in [2.75, 3.05) is 24.5 Å². The van der Waals surface area contributed by atoms with Crippen molar-refractivity contribution >= 4 is 5.69 Å². The fourth-order valence-corrected chi connectivity index (χ4v) is 3.61. The minimum Gasteiger partial charge on any atom is -0.464 e. The van der Waals surface area contributed by atoms with E-state index < -0.39 is 0 Å². The second-order valence-electron chi connectivity index (χ2n) is 6.89. The van der Waals surface area contributed by atoms with Gasteiger partial charge in [-0.2, -0.15) is 0 Å². The van der Waals surface area contributed by atoms with Gasteiger partial charge in [0.1, 0.15) is 5.76 Å². The molecule has 0 radical (unpaired) electrons. The molecule has 1 fully saturated rings. The van der Waals surface area contributed by atoms with Gasteiger partial charge in [0.2, 0.25) is 0 Å². The monoisotopic (exact) mass is 350 g/mol. The zero-order chi connectivity index (χ0) is 17.6. The lowest BCUT2D eigenvalue weighted by Crippen LogP contribution is -2.42. The van der Waals surface area contributed by atoms with Gasteiger partial charge in [0.25, 0.3) is 0 Å². The maximum atomic E-state index is 5.46. The van der Waals surface area contributed by atoms with Crippen LogP contribution in [0.2, 0.25) is 0 Å². The number of anilines is 1. The first-order chi connectivity index (χ1) is 12.9. The first kappa shape index (κ1) is 16.9. The standard InChI is InChI=1S/C21H26N4O/c1-3-21(26-16-1)18-4-6-20(7-5-18)25-13-8-19(9-14-25)23-10-2-12-24-15-11-22-17-24/h1,3-7,11,15-17,19,23H,2,8-10,12-14H2. The van der Waals surface area contributed by atoms with Crippen LogP contribution in [0.3, 0.4) is 0 Å². The van der Waals surface area contributed by atoms with E-state index in [1.165, 1.54) is 18.5 Å². The van der Waals surface area contributed by atoms with Gasteiger partial charge in [-0.1, -0.05) is 0 Å². The molecule has 0 bridgehead atoms. The van der Waals surface area contributed by atoms with Crippen molar-refractivity contribution in [2.45, 2.75) is 31.8 Å². The van der Waals surface area contributed by atoms with Gasteiger partial charge in [0.15, 0.2) is 0 Å². The number of aryl methyl sites for hydroxylation is 1. The van der Waals surface area contributed by atoms with Crippen LogP contribution in [0.15, 0.2) is 65.8 Å². The molecule has 5 nitrogen and oxygen atoms in total. The summed E-state index contributed by atoms with van der Waals surface area (Å²) in [7, 11) is 0. The third kappa shape index (κ3) is 4.17. The summed E-state index contributed by atoms with van der Waals surface area (Å²) < 4.78 is 7.60. The summed E-state index contributed by atoms with van der Waals surface area (Å²) in [5.74, 6) is 0.926. The Morgan fingerprint density at radius 2 is 1.96 bits per heavy atom. The van der Waals surface area contributed by atoms with E-state index in [1.54, 1.807) is 6.26 Å².